The van der Waals surface area contributed by atoms with Gasteiger partial charge in [-0.05, 0) is 29.9 Å². The third-order valence-electron chi connectivity index (χ3n) is 5.63. The van der Waals surface area contributed by atoms with Crippen LogP contribution in [0.1, 0.15) is 37.8 Å². The molecule has 1 aliphatic rings. The molecule has 0 aliphatic carbocycles. The fraction of sp³-hybridized carbons (Fsp3) is 0.480. The van der Waals surface area contributed by atoms with Crippen molar-refractivity contribution in [1.29, 1.82) is 0 Å². The lowest BCUT2D eigenvalue weighted by Gasteiger charge is -2.33. The predicted octanol–water partition coefficient (Wildman–Crippen LogP) is 4.81. The molecule has 1 fully saturated rings. The molecule has 0 bridgehead atoms. The van der Waals surface area contributed by atoms with Gasteiger partial charge >= 0.3 is 0 Å². The van der Waals surface area contributed by atoms with Crippen molar-refractivity contribution >= 4 is 6.21 Å². The van der Waals surface area contributed by atoms with Crippen LogP contribution in [0.3, 0.4) is 0 Å². The van der Waals surface area contributed by atoms with Gasteiger partial charge in [0.1, 0.15) is 0 Å². The fourth-order valence-corrected chi connectivity index (χ4v) is 4.08. The summed E-state index contributed by atoms with van der Waals surface area (Å²) in [6.45, 7) is 8.17. The smallest absolute Gasteiger partial charge is 0.0704 e. The molecule has 2 aromatic rings. The van der Waals surface area contributed by atoms with Crippen molar-refractivity contribution in [3.05, 3.63) is 71.8 Å². The molecule has 2 atom stereocenters. The summed E-state index contributed by atoms with van der Waals surface area (Å²) in [5.74, 6) is 0.467. The zero-order chi connectivity index (χ0) is 20.5. The van der Waals surface area contributed by atoms with Crippen molar-refractivity contribution in [3.8, 4) is 0 Å². The first-order chi connectivity index (χ1) is 14.2. The lowest BCUT2D eigenvalue weighted by molar-refractivity contribution is 0.116. The number of nitrogens with zero attached hydrogens (tertiary/aromatic N) is 3. The summed E-state index contributed by atoms with van der Waals surface area (Å²) in [6, 6.07) is 22.1. The molecule has 1 aliphatic heterocycles. The zero-order valence-corrected chi connectivity index (χ0v) is 18.1. The monoisotopic (exact) mass is 393 g/mol. The lowest BCUT2D eigenvalue weighted by Crippen LogP contribution is -2.40. The van der Waals surface area contributed by atoms with Crippen molar-refractivity contribution in [3.63, 3.8) is 0 Å². The summed E-state index contributed by atoms with van der Waals surface area (Å²) in [6.07, 6.45) is 4.52. The Labute approximate surface area is 176 Å². The second kappa shape index (κ2) is 11.1. The van der Waals surface area contributed by atoms with Crippen LogP contribution >= 0.6 is 0 Å². The molecule has 1 saturated heterocycles. The van der Waals surface area contributed by atoms with E-state index in [1.165, 1.54) is 17.5 Å². The minimum atomic E-state index is 0.263. The summed E-state index contributed by atoms with van der Waals surface area (Å²) in [5.41, 5.74) is 2.67. The van der Waals surface area contributed by atoms with Crippen molar-refractivity contribution in [2.45, 2.75) is 51.9 Å². The second-order valence-corrected chi connectivity index (χ2v) is 8.29. The zero-order valence-electron chi connectivity index (χ0n) is 18.1. The van der Waals surface area contributed by atoms with E-state index in [4.69, 9.17) is 9.84 Å². The maximum Gasteiger partial charge on any atom is 0.0704 e. The number of hydrogen-bond donors (Lipinski definition) is 0. The van der Waals surface area contributed by atoms with Crippen LogP contribution in [0.25, 0.3) is 0 Å². The number of ether oxygens (including phenoxy) is 1. The summed E-state index contributed by atoms with van der Waals surface area (Å²) in [5, 5.41) is 7.16. The van der Waals surface area contributed by atoms with E-state index >= 15 is 0 Å². The van der Waals surface area contributed by atoms with E-state index in [9.17, 15) is 0 Å². The Kier molecular flexibility index (Phi) is 8.26. The normalized spacial score (nSPS) is 18.2. The van der Waals surface area contributed by atoms with Gasteiger partial charge in [-0.15, -0.1) is 0 Å². The third-order valence-corrected chi connectivity index (χ3v) is 5.63. The molecule has 0 saturated carbocycles. The second-order valence-electron chi connectivity index (χ2n) is 8.29. The molecule has 0 amide bonds. The molecule has 0 radical (unpaired) electrons. The highest BCUT2D eigenvalue weighted by Gasteiger charge is 2.25. The van der Waals surface area contributed by atoms with Gasteiger partial charge in [0.15, 0.2) is 0 Å². The molecular formula is C25H35N3O. The molecular weight excluding hydrogens is 358 g/mol. The summed E-state index contributed by atoms with van der Waals surface area (Å²) in [4.78, 5) is 2.54. The van der Waals surface area contributed by atoms with Gasteiger partial charge in [0.2, 0.25) is 0 Å². The molecule has 29 heavy (non-hydrogen) atoms. The van der Waals surface area contributed by atoms with Crippen LogP contribution in [0.2, 0.25) is 0 Å². The van der Waals surface area contributed by atoms with Crippen LogP contribution in [0, 0.1) is 5.92 Å². The van der Waals surface area contributed by atoms with Crippen LogP contribution in [0.5, 0.6) is 0 Å². The molecule has 0 N–H and O–H groups in total. The number of hydrogen-bond acceptors (Lipinski definition) is 4. The maximum atomic E-state index is 5.39. The Hall–Kier alpha value is -2.17. The quantitative estimate of drug-likeness (QED) is 0.542. The summed E-state index contributed by atoms with van der Waals surface area (Å²) in [7, 11) is 1.78. The average Bonchev–Trinajstić information content (AvgIpc) is 3.17. The SMILES string of the molecule is COC[C@@H]1CCCN1/N=C/[C@H](C(C)C)N(Cc1ccccc1)Cc1ccccc1. The Morgan fingerprint density at radius 2 is 1.62 bits per heavy atom. The van der Waals surface area contributed by atoms with Crippen LogP contribution in [-0.2, 0) is 17.8 Å². The first kappa shape index (κ1) is 21.5. The number of methoxy groups -OCH3 is 1. The Bertz CT molecular complexity index is 691. The van der Waals surface area contributed by atoms with E-state index in [-0.39, 0.29) is 6.04 Å². The summed E-state index contributed by atoms with van der Waals surface area (Å²) < 4.78 is 5.39. The molecule has 1 heterocycles. The predicted molar refractivity (Wildman–Crippen MR) is 121 cm³/mol. The van der Waals surface area contributed by atoms with Gasteiger partial charge in [-0.2, -0.15) is 5.10 Å². The van der Waals surface area contributed by atoms with Gasteiger partial charge in [-0.1, -0.05) is 74.5 Å². The van der Waals surface area contributed by atoms with E-state index in [0.29, 0.717) is 12.0 Å². The van der Waals surface area contributed by atoms with Gasteiger partial charge in [-0.25, -0.2) is 0 Å². The first-order valence-corrected chi connectivity index (χ1v) is 10.8. The Morgan fingerprint density at radius 1 is 1.03 bits per heavy atom. The molecule has 4 nitrogen and oxygen atoms in total. The summed E-state index contributed by atoms with van der Waals surface area (Å²) >= 11 is 0. The number of rotatable bonds is 10. The van der Waals surface area contributed by atoms with E-state index in [1.54, 1.807) is 7.11 Å². The first-order valence-electron chi connectivity index (χ1n) is 10.8. The molecule has 0 aromatic heterocycles. The third kappa shape index (κ3) is 6.41. The van der Waals surface area contributed by atoms with Gasteiger partial charge in [-0.3, -0.25) is 9.91 Å². The standard InChI is InChI=1S/C25H35N3O/c1-21(2)25(17-26-28-16-10-15-24(28)20-29-3)27(18-22-11-6-4-7-12-22)19-23-13-8-5-9-14-23/h4-9,11-14,17,21,24-25H,10,15-16,18-20H2,1-3H3/b26-17+/t24-,25+/m0/s1. The van der Waals surface area contributed by atoms with Crippen LogP contribution in [0.15, 0.2) is 65.8 Å². The molecule has 0 unspecified atom stereocenters. The van der Waals surface area contributed by atoms with Gasteiger partial charge in [0.05, 0.1) is 12.6 Å². The van der Waals surface area contributed by atoms with Crippen molar-refractivity contribution in [2.24, 2.45) is 11.0 Å². The van der Waals surface area contributed by atoms with Crippen LogP contribution < -0.4 is 0 Å². The van der Waals surface area contributed by atoms with Gasteiger partial charge < -0.3 is 4.74 Å². The highest BCUT2D eigenvalue weighted by Crippen LogP contribution is 2.20. The van der Waals surface area contributed by atoms with E-state index in [0.717, 1.165) is 32.7 Å². The Balaban J connectivity index is 1.80. The van der Waals surface area contributed by atoms with Crippen LogP contribution in [-0.4, -0.2) is 48.5 Å². The minimum absolute atomic E-state index is 0.263. The number of benzene rings is 2. The van der Waals surface area contributed by atoms with E-state index < -0.39 is 0 Å². The average molecular weight is 394 g/mol. The molecule has 156 valence electrons. The molecule has 2 aromatic carbocycles. The van der Waals surface area contributed by atoms with E-state index in [1.807, 2.05) is 0 Å². The maximum absolute atomic E-state index is 5.39. The number of hydrazone groups is 1. The van der Waals surface area contributed by atoms with Crippen molar-refractivity contribution in [2.75, 3.05) is 20.3 Å². The van der Waals surface area contributed by atoms with Crippen molar-refractivity contribution in [1.82, 2.24) is 9.91 Å². The highest BCUT2D eigenvalue weighted by molar-refractivity contribution is 5.64. The van der Waals surface area contributed by atoms with Crippen LogP contribution in [0.4, 0.5) is 0 Å². The molecule has 3 rings (SSSR count). The van der Waals surface area contributed by atoms with Gasteiger partial charge in [0.25, 0.3) is 0 Å². The minimum Gasteiger partial charge on any atom is -0.382 e. The van der Waals surface area contributed by atoms with Gasteiger partial charge in [0, 0.05) is 39.0 Å². The fourth-order valence-electron chi connectivity index (χ4n) is 4.08. The lowest BCUT2D eigenvalue weighted by atomic mass is 10.0. The largest absolute Gasteiger partial charge is 0.382 e. The molecule has 4 heteroatoms. The van der Waals surface area contributed by atoms with Crippen molar-refractivity contribution < 1.29 is 4.74 Å². The topological polar surface area (TPSA) is 28.1 Å². The molecule has 0 spiro atoms. The van der Waals surface area contributed by atoms with E-state index in [2.05, 4.69) is 90.6 Å². The highest BCUT2D eigenvalue weighted by atomic mass is 16.5. The Morgan fingerprint density at radius 3 is 2.14 bits per heavy atom.